The van der Waals surface area contributed by atoms with Crippen LogP contribution in [0, 0.1) is 0 Å². The van der Waals surface area contributed by atoms with Gasteiger partial charge in [0.25, 0.3) is 0 Å². The van der Waals surface area contributed by atoms with Gasteiger partial charge in [0, 0.05) is 35.8 Å². The third kappa shape index (κ3) is 6.27. The Morgan fingerprint density at radius 2 is 1.80 bits per heavy atom. The number of nitrogens with zero attached hydrogens (tertiary/aromatic N) is 7. The van der Waals surface area contributed by atoms with Crippen molar-refractivity contribution >= 4 is 29.2 Å². The number of nitrogens with one attached hydrogen (secondary N) is 1. The highest BCUT2D eigenvalue weighted by molar-refractivity contribution is 6.32. The van der Waals surface area contributed by atoms with Gasteiger partial charge in [-0.25, -0.2) is 9.48 Å². The summed E-state index contributed by atoms with van der Waals surface area (Å²) in [5, 5.41) is 23.0. The molecular formula is C26H27Cl2F3N8O2. The average Bonchev–Trinajstić information content (AvgIpc) is 3.45. The molecule has 41 heavy (non-hydrogen) atoms. The molecule has 0 saturated carbocycles. The molecular weight excluding hydrogens is 584 g/mol. The van der Waals surface area contributed by atoms with Crippen LogP contribution in [0.2, 0.25) is 10.0 Å². The van der Waals surface area contributed by atoms with Crippen molar-refractivity contribution in [3.63, 3.8) is 0 Å². The first-order valence-corrected chi connectivity index (χ1v) is 13.5. The zero-order chi connectivity index (χ0) is 29.5. The van der Waals surface area contributed by atoms with Gasteiger partial charge in [-0.3, -0.25) is 4.57 Å². The maximum atomic E-state index is 13.4. The Kier molecular flexibility index (Phi) is 7.90. The van der Waals surface area contributed by atoms with Crippen molar-refractivity contribution in [2.45, 2.75) is 44.8 Å². The molecule has 0 radical (unpaired) electrons. The lowest BCUT2D eigenvalue weighted by atomic mass is 10.0. The molecule has 0 bridgehead atoms. The van der Waals surface area contributed by atoms with Gasteiger partial charge in [0.1, 0.15) is 6.54 Å². The van der Waals surface area contributed by atoms with Crippen LogP contribution in [0.4, 0.5) is 19.1 Å². The standard InChI is InChI=1S/C26H27Cl2F3N8O2/c1-25(2)15-36(12-11-32-25)23-33-21(34-39(23)19-6-4-3-5-18(19)28)14-38-24(41)37(13-20(40)26(29,30)31)22(35-38)16-7-9-17(27)10-8-16/h3-10,20,32,40H,11-15H2,1-2H3/t20-/m0/s1. The quantitative estimate of drug-likeness (QED) is 0.328. The summed E-state index contributed by atoms with van der Waals surface area (Å²) < 4.78 is 43.0. The van der Waals surface area contributed by atoms with E-state index >= 15 is 0 Å². The SMILES string of the molecule is CC1(C)CN(c2nc(Cn3nc(-c4ccc(Cl)cc4)n(C[C@H](O)C(F)(F)F)c3=O)nn2-c2ccccc2Cl)CCN1. The number of rotatable bonds is 7. The summed E-state index contributed by atoms with van der Waals surface area (Å²) in [5.41, 5.74) is -0.152. The van der Waals surface area contributed by atoms with Gasteiger partial charge in [0.15, 0.2) is 17.8 Å². The molecule has 0 spiro atoms. The lowest BCUT2D eigenvalue weighted by Gasteiger charge is -2.39. The lowest BCUT2D eigenvalue weighted by molar-refractivity contribution is -0.207. The number of aromatic nitrogens is 6. The van der Waals surface area contributed by atoms with Gasteiger partial charge < -0.3 is 15.3 Å². The van der Waals surface area contributed by atoms with Crippen molar-refractivity contribution < 1.29 is 18.3 Å². The number of hydrogen-bond acceptors (Lipinski definition) is 7. The number of aliphatic hydroxyl groups is 1. The normalized spacial score (nSPS) is 16.2. The minimum absolute atomic E-state index is 0.0652. The summed E-state index contributed by atoms with van der Waals surface area (Å²) >= 11 is 12.5. The summed E-state index contributed by atoms with van der Waals surface area (Å²) in [6, 6.07) is 13.2. The topological polar surface area (TPSA) is 106 Å². The summed E-state index contributed by atoms with van der Waals surface area (Å²) in [6.45, 7) is 4.80. The van der Waals surface area contributed by atoms with Crippen molar-refractivity contribution in [1.82, 2.24) is 34.4 Å². The van der Waals surface area contributed by atoms with Crippen LogP contribution in [0.1, 0.15) is 19.7 Å². The third-order valence-corrected chi connectivity index (χ3v) is 7.19. The second-order valence-electron chi connectivity index (χ2n) is 10.4. The molecule has 1 aliphatic heterocycles. The predicted molar refractivity (Wildman–Crippen MR) is 149 cm³/mol. The van der Waals surface area contributed by atoms with Crippen LogP contribution < -0.4 is 15.9 Å². The van der Waals surface area contributed by atoms with E-state index in [2.05, 4.69) is 34.3 Å². The molecule has 15 heteroatoms. The molecule has 2 N–H and O–H groups in total. The van der Waals surface area contributed by atoms with Crippen LogP contribution in [-0.2, 0) is 13.1 Å². The average molecular weight is 611 g/mol. The molecule has 0 aliphatic carbocycles. The van der Waals surface area contributed by atoms with Crippen LogP contribution in [0.25, 0.3) is 17.1 Å². The van der Waals surface area contributed by atoms with Crippen LogP contribution in [0.5, 0.6) is 0 Å². The molecule has 5 rings (SSSR count). The number of para-hydroxylation sites is 1. The van der Waals surface area contributed by atoms with E-state index < -0.39 is 24.5 Å². The largest absolute Gasteiger partial charge is 0.416 e. The molecule has 218 valence electrons. The summed E-state index contributed by atoms with van der Waals surface area (Å²) in [7, 11) is 0. The van der Waals surface area contributed by atoms with Crippen LogP contribution in [0.3, 0.4) is 0 Å². The maximum Gasteiger partial charge on any atom is 0.416 e. The van der Waals surface area contributed by atoms with Crippen molar-refractivity contribution in [3.05, 3.63) is 74.9 Å². The minimum atomic E-state index is -4.93. The first-order chi connectivity index (χ1) is 19.3. The minimum Gasteiger partial charge on any atom is -0.382 e. The van der Waals surface area contributed by atoms with E-state index in [0.29, 0.717) is 46.9 Å². The molecule has 3 heterocycles. The number of piperazine rings is 1. The van der Waals surface area contributed by atoms with Gasteiger partial charge in [-0.15, -0.1) is 10.2 Å². The lowest BCUT2D eigenvalue weighted by Crippen LogP contribution is -2.57. The Balaban J connectivity index is 1.57. The summed E-state index contributed by atoms with van der Waals surface area (Å²) in [5.74, 6) is 0.632. The number of aliphatic hydroxyl groups excluding tert-OH is 1. The molecule has 1 saturated heterocycles. The first-order valence-electron chi connectivity index (χ1n) is 12.7. The smallest absolute Gasteiger partial charge is 0.382 e. The molecule has 1 aliphatic rings. The highest BCUT2D eigenvalue weighted by atomic mass is 35.5. The predicted octanol–water partition coefficient (Wildman–Crippen LogP) is 3.76. The Hall–Kier alpha value is -3.39. The van der Waals surface area contributed by atoms with Crippen molar-refractivity contribution in [1.29, 1.82) is 0 Å². The number of anilines is 1. The second-order valence-corrected chi connectivity index (χ2v) is 11.2. The molecule has 2 aromatic heterocycles. The third-order valence-electron chi connectivity index (χ3n) is 6.62. The van der Waals surface area contributed by atoms with Gasteiger partial charge in [-0.2, -0.15) is 22.8 Å². The fourth-order valence-corrected chi connectivity index (χ4v) is 4.99. The summed E-state index contributed by atoms with van der Waals surface area (Å²) in [4.78, 5) is 20.1. The molecule has 4 aromatic rings. The fraction of sp³-hybridized carbons (Fsp3) is 0.385. The van der Waals surface area contributed by atoms with E-state index in [4.69, 9.17) is 28.2 Å². The molecule has 0 amide bonds. The highest BCUT2D eigenvalue weighted by Crippen LogP contribution is 2.27. The molecule has 1 atom stereocenters. The second kappa shape index (κ2) is 11.1. The maximum absolute atomic E-state index is 13.4. The Bertz CT molecular complexity index is 1600. The first kappa shape index (κ1) is 29.1. The molecule has 0 unspecified atom stereocenters. The van der Waals surface area contributed by atoms with Crippen LogP contribution in [0.15, 0.2) is 53.3 Å². The summed E-state index contributed by atoms with van der Waals surface area (Å²) in [6.07, 6.45) is -7.70. The molecule has 1 fully saturated rings. The highest BCUT2D eigenvalue weighted by Gasteiger charge is 2.39. The zero-order valence-corrected chi connectivity index (χ0v) is 23.6. The fourth-order valence-electron chi connectivity index (χ4n) is 4.65. The van der Waals surface area contributed by atoms with Gasteiger partial charge in [0.05, 0.1) is 17.3 Å². The Labute approximate surface area is 242 Å². The van der Waals surface area contributed by atoms with E-state index in [-0.39, 0.29) is 23.7 Å². The zero-order valence-electron chi connectivity index (χ0n) is 22.1. The van der Waals surface area contributed by atoms with Crippen LogP contribution >= 0.6 is 23.2 Å². The van der Waals surface area contributed by atoms with E-state index in [1.165, 1.54) is 24.3 Å². The number of benzene rings is 2. The van der Waals surface area contributed by atoms with E-state index in [9.17, 15) is 23.1 Å². The number of alkyl halides is 3. The van der Waals surface area contributed by atoms with E-state index in [1.807, 2.05) is 6.07 Å². The van der Waals surface area contributed by atoms with E-state index in [0.717, 1.165) is 9.25 Å². The van der Waals surface area contributed by atoms with Crippen LogP contribution in [-0.4, -0.2) is 71.7 Å². The van der Waals surface area contributed by atoms with E-state index in [1.54, 1.807) is 22.9 Å². The Morgan fingerprint density at radius 1 is 1.10 bits per heavy atom. The number of halogens is 5. The van der Waals surface area contributed by atoms with Gasteiger partial charge in [0.2, 0.25) is 5.95 Å². The van der Waals surface area contributed by atoms with Crippen molar-refractivity contribution in [3.8, 4) is 17.1 Å². The molecule has 10 nitrogen and oxygen atoms in total. The van der Waals surface area contributed by atoms with Gasteiger partial charge in [-0.1, -0.05) is 35.3 Å². The van der Waals surface area contributed by atoms with Gasteiger partial charge in [-0.05, 0) is 50.2 Å². The van der Waals surface area contributed by atoms with Crippen molar-refractivity contribution in [2.24, 2.45) is 0 Å². The van der Waals surface area contributed by atoms with Crippen molar-refractivity contribution in [2.75, 3.05) is 24.5 Å². The monoisotopic (exact) mass is 610 g/mol. The Morgan fingerprint density at radius 3 is 2.46 bits per heavy atom. The number of hydrogen-bond donors (Lipinski definition) is 2. The molecule has 2 aromatic carbocycles. The van der Waals surface area contributed by atoms with Gasteiger partial charge >= 0.3 is 11.9 Å².